The molecule has 1 atom stereocenters. The minimum Gasteiger partial charge on any atom is -0.307 e. The second-order valence-electron chi connectivity index (χ2n) is 3.88. The van der Waals surface area contributed by atoms with Crippen LogP contribution in [0.3, 0.4) is 0 Å². The van der Waals surface area contributed by atoms with Crippen LogP contribution in [0, 0.1) is 0 Å². The fourth-order valence-corrected chi connectivity index (χ4v) is 2.11. The average molecular weight is 224 g/mol. The quantitative estimate of drug-likeness (QED) is 0.782. The maximum absolute atomic E-state index is 12.0. The second-order valence-corrected chi connectivity index (χ2v) is 4.31. The Bertz CT molecular complexity index is 358. The lowest BCUT2D eigenvalue weighted by Crippen LogP contribution is -2.40. The van der Waals surface area contributed by atoms with Gasteiger partial charge >= 0.3 is 0 Å². The first-order chi connectivity index (χ1) is 7.27. The molecular weight excluding hydrogens is 210 g/mol. The summed E-state index contributed by atoms with van der Waals surface area (Å²) in [6, 6.07) is 7.15. The minimum atomic E-state index is -0.0165. The van der Waals surface area contributed by atoms with Gasteiger partial charge in [0.25, 0.3) is 0 Å². The molecule has 3 heteroatoms. The maximum atomic E-state index is 12.0. The van der Waals surface area contributed by atoms with Gasteiger partial charge in [-0.15, -0.1) is 0 Å². The Morgan fingerprint density at radius 2 is 2.27 bits per heavy atom. The summed E-state index contributed by atoms with van der Waals surface area (Å²) in [5, 5.41) is 3.87. The average Bonchev–Trinajstić information content (AvgIpc) is 2.29. The SMILES string of the molecule is O=C(c1cccc(Cl)c1)C1CCCCN1. The van der Waals surface area contributed by atoms with Gasteiger partial charge in [-0.25, -0.2) is 0 Å². The number of hydrogen-bond donors (Lipinski definition) is 1. The molecule has 0 aliphatic carbocycles. The van der Waals surface area contributed by atoms with Crippen molar-refractivity contribution in [3.05, 3.63) is 34.9 Å². The van der Waals surface area contributed by atoms with Crippen molar-refractivity contribution in [2.75, 3.05) is 6.54 Å². The number of carbonyl (C=O) groups excluding carboxylic acids is 1. The van der Waals surface area contributed by atoms with Crippen LogP contribution in [0.2, 0.25) is 5.02 Å². The lowest BCUT2D eigenvalue weighted by atomic mass is 9.96. The third kappa shape index (κ3) is 2.58. The molecule has 0 amide bonds. The number of rotatable bonds is 2. The summed E-state index contributed by atoms with van der Waals surface area (Å²) < 4.78 is 0. The first kappa shape index (κ1) is 10.7. The van der Waals surface area contributed by atoms with Crippen molar-refractivity contribution in [1.29, 1.82) is 0 Å². The molecule has 1 aromatic carbocycles. The maximum Gasteiger partial charge on any atom is 0.179 e. The molecule has 1 aromatic rings. The van der Waals surface area contributed by atoms with Crippen molar-refractivity contribution in [2.24, 2.45) is 0 Å². The molecule has 2 nitrogen and oxygen atoms in total. The van der Waals surface area contributed by atoms with Crippen LogP contribution in [-0.2, 0) is 0 Å². The van der Waals surface area contributed by atoms with Crippen molar-refractivity contribution in [1.82, 2.24) is 5.32 Å². The molecular formula is C12H14ClNO. The zero-order valence-electron chi connectivity index (χ0n) is 8.50. The number of piperidine rings is 1. The number of hydrogen-bond acceptors (Lipinski definition) is 2. The Morgan fingerprint density at radius 3 is 2.93 bits per heavy atom. The Labute approximate surface area is 94.6 Å². The number of halogens is 1. The van der Waals surface area contributed by atoms with Crippen molar-refractivity contribution >= 4 is 17.4 Å². The van der Waals surface area contributed by atoms with Crippen molar-refractivity contribution < 1.29 is 4.79 Å². The third-order valence-electron chi connectivity index (χ3n) is 2.74. The van der Waals surface area contributed by atoms with Gasteiger partial charge in [0.2, 0.25) is 0 Å². The molecule has 0 saturated carbocycles. The highest BCUT2D eigenvalue weighted by Gasteiger charge is 2.21. The monoisotopic (exact) mass is 223 g/mol. The zero-order valence-corrected chi connectivity index (χ0v) is 9.26. The van der Waals surface area contributed by atoms with E-state index in [1.807, 2.05) is 12.1 Å². The lowest BCUT2D eigenvalue weighted by Gasteiger charge is -2.22. The molecule has 1 aliphatic rings. The number of ketones is 1. The Hall–Kier alpha value is -0.860. The highest BCUT2D eigenvalue weighted by atomic mass is 35.5. The fraction of sp³-hybridized carbons (Fsp3) is 0.417. The standard InChI is InChI=1S/C12H14ClNO/c13-10-5-3-4-9(8-10)12(15)11-6-1-2-7-14-11/h3-5,8,11,14H,1-2,6-7H2. The first-order valence-electron chi connectivity index (χ1n) is 5.30. The zero-order chi connectivity index (χ0) is 10.7. The number of nitrogens with one attached hydrogen (secondary N) is 1. The largest absolute Gasteiger partial charge is 0.307 e. The van der Waals surface area contributed by atoms with Crippen LogP contribution in [0.15, 0.2) is 24.3 Å². The lowest BCUT2D eigenvalue weighted by molar-refractivity contribution is 0.0927. The first-order valence-corrected chi connectivity index (χ1v) is 5.68. The van der Waals surface area contributed by atoms with Gasteiger partial charge in [-0.1, -0.05) is 30.2 Å². The van der Waals surface area contributed by atoms with Gasteiger partial charge < -0.3 is 5.32 Å². The normalized spacial score (nSPS) is 21.3. The summed E-state index contributed by atoms with van der Waals surface area (Å²) in [7, 11) is 0. The van der Waals surface area contributed by atoms with Crippen LogP contribution in [0.25, 0.3) is 0 Å². The van der Waals surface area contributed by atoms with E-state index < -0.39 is 0 Å². The Balaban J connectivity index is 2.12. The van der Waals surface area contributed by atoms with E-state index in [2.05, 4.69) is 5.32 Å². The van der Waals surface area contributed by atoms with Crippen LogP contribution in [0.4, 0.5) is 0 Å². The molecule has 1 unspecified atom stereocenters. The van der Waals surface area contributed by atoms with Crippen molar-refractivity contribution in [3.63, 3.8) is 0 Å². The molecule has 15 heavy (non-hydrogen) atoms. The van der Waals surface area contributed by atoms with E-state index in [1.54, 1.807) is 12.1 Å². The fourth-order valence-electron chi connectivity index (χ4n) is 1.92. The summed E-state index contributed by atoms with van der Waals surface area (Å²) in [5.74, 6) is 0.164. The Morgan fingerprint density at radius 1 is 1.40 bits per heavy atom. The predicted octanol–water partition coefficient (Wildman–Crippen LogP) is 2.66. The molecule has 0 radical (unpaired) electrons. The van der Waals surface area contributed by atoms with Gasteiger partial charge in [-0.2, -0.15) is 0 Å². The predicted molar refractivity (Wildman–Crippen MR) is 61.4 cm³/mol. The highest BCUT2D eigenvalue weighted by Crippen LogP contribution is 2.16. The van der Waals surface area contributed by atoms with Crippen LogP contribution in [-0.4, -0.2) is 18.4 Å². The van der Waals surface area contributed by atoms with Crippen molar-refractivity contribution in [2.45, 2.75) is 25.3 Å². The molecule has 1 aliphatic heterocycles. The molecule has 80 valence electrons. The van der Waals surface area contributed by atoms with Crippen molar-refractivity contribution in [3.8, 4) is 0 Å². The van der Waals surface area contributed by atoms with E-state index in [9.17, 15) is 4.79 Å². The Kier molecular flexibility index (Phi) is 3.39. The molecule has 0 bridgehead atoms. The highest BCUT2D eigenvalue weighted by molar-refractivity contribution is 6.31. The summed E-state index contributed by atoms with van der Waals surface area (Å²) in [4.78, 5) is 12.0. The topological polar surface area (TPSA) is 29.1 Å². The number of benzene rings is 1. The third-order valence-corrected chi connectivity index (χ3v) is 2.97. The van der Waals surface area contributed by atoms with E-state index in [0.29, 0.717) is 10.6 Å². The van der Waals surface area contributed by atoms with Crippen LogP contribution < -0.4 is 5.32 Å². The van der Waals surface area contributed by atoms with Crippen LogP contribution >= 0.6 is 11.6 Å². The smallest absolute Gasteiger partial charge is 0.179 e. The van der Waals surface area contributed by atoms with Crippen LogP contribution in [0.1, 0.15) is 29.6 Å². The molecule has 1 fully saturated rings. The van der Waals surface area contributed by atoms with E-state index in [0.717, 1.165) is 19.4 Å². The molecule has 1 heterocycles. The minimum absolute atomic E-state index is 0.0165. The second kappa shape index (κ2) is 4.77. The summed E-state index contributed by atoms with van der Waals surface area (Å²) in [6.07, 6.45) is 3.23. The summed E-state index contributed by atoms with van der Waals surface area (Å²) >= 11 is 5.86. The van der Waals surface area contributed by atoms with Gasteiger partial charge in [-0.3, -0.25) is 4.79 Å². The molecule has 0 aromatic heterocycles. The van der Waals surface area contributed by atoms with Gasteiger partial charge in [0.15, 0.2) is 5.78 Å². The molecule has 1 N–H and O–H groups in total. The van der Waals surface area contributed by atoms with E-state index in [1.165, 1.54) is 6.42 Å². The van der Waals surface area contributed by atoms with E-state index >= 15 is 0 Å². The molecule has 0 spiro atoms. The van der Waals surface area contributed by atoms with Gasteiger partial charge in [0.05, 0.1) is 6.04 Å². The van der Waals surface area contributed by atoms with Gasteiger partial charge in [0, 0.05) is 10.6 Å². The number of carbonyl (C=O) groups is 1. The van der Waals surface area contributed by atoms with Crippen LogP contribution in [0.5, 0.6) is 0 Å². The van der Waals surface area contributed by atoms with Gasteiger partial charge in [0.1, 0.15) is 0 Å². The molecule has 2 rings (SSSR count). The number of Topliss-reactive ketones (excluding diaryl/α,β-unsaturated/α-hetero) is 1. The summed E-state index contributed by atoms with van der Waals surface area (Å²) in [6.45, 7) is 0.941. The van der Waals surface area contributed by atoms with E-state index in [-0.39, 0.29) is 11.8 Å². The summed E-state index contributed by atoms with van der Waals surface area (Å²) in [5.41, 5.74) is 0.710. The van der Waals surface area contributed by atoms with Gasteiger partial charge in [-0.05, 0) is 31.5 Å². The molecule has 1 saturated heterocycles. The van der Waals surface area contributed by atoms with E-state index in [4.69, 9.17) is 11.6 Å².